The van der Waals surface area contributed by atoms with Crippen LogP contribution in [0.2, 0.25) is 0 Å². The summed E-state index contributed by atoms with van der Waals surface area (Å²) in [5, 5.41) is 11.2. The largest absolute Gasteiger partial charge is 0.458 e. The highest BCUT2D eigenvalue weighted by Gasteiger charge is 2.62. The summed E-state index contributed by atoms with van der Waals surface area (Å²) in [6.45, 7) is 0.646. The van der Waals surface area contributed by atoms with Gasteiger partial charge in [-0.3, -0.25) is 0 Å². The Morgan fingerprint density at radius 1 is 0.783 bits per heavy atom. The van der Waals surface area contributed by atoms with Crippen LogP contribution in [0.1, 0.15) is 29.7 Å². The van der Waals surface area contributed by atoms with Gasteiger partial charge in [0.1, 0.15) is 6.10 Å². The van der Waals surface area contributed by atoms with Crippen molar-refractivity contribution < 1.29 is 49.0 Å². The van der Waals surface area contributed by atoms with E-state index in [0.717, 1.165) is 0 Å². The third-order valence-corrected chi connectivity index (χ3v) is 2.90. The first-order valence-corrected chi connectivity index (χ1v) is 5.73. The number of alkyl halides is 10. The molecule has 0 aliphatic heterocycles. The average Bonchev–Trinajstić information content (AvgIpc) is 2.35. The first kappa shape index (κ1) is 19.5. The quantitative estimate of drug-likeness (QED) is 0.638. The Kier molecular flexibility index (Phi) is 4.70. The second-order valence-electron chi connectivity index (χ2n) is 4.59. The van der Waals surface area contributed by atoms with Gasteiger partial charge in [-0.25, -0.2) is 5.11 Å². The Morgan fingerprint density at radius 3 is 1.57 bits per heavy atom. The van der Waals surface area contributed by atoms with Gasteiger partial charge in [0, 0.05) is 11.1 Å². The lowest BCUT2D eigenvalue weighted by Gasteiger charge is -2.26. The molecular formula is C12H7F10O. The third kappa shape index (κ3) is 3.38. The summed E-state index contributed by atoms with van der Waals surface area (Å²) in [7, 11) is 0. The molecule has 0 saturated heterocycles. The van der Waals surface area contributed by atoms with Crippen molar-refractivity contribution in [3.05, 3.63) is 34.9 Å². The van der Waals surface area contributed by atoms with Crippen molar-refractivity contribution in [3.63, 3.8) is 0 Å². The van der Waals surface area contributed by atoms with Gasteiger partial charge >= 0.3 is 24.2 Å². The lowest BCUT2D eigenvalue weighted by atomic mass is 9.93. The smallest absolute Gasteiger partial charge is 0.228 e. The van der Waals surface area contributed by atoms with Crippen molar-refractivity contribution >= 4 is 0 Å². The monoisotopic (exact) mass is 357 g/mol. The molecule has 23 heavy (non-hydrogen) atoms. The normalized spacial score (nSPS) is 15.7. The molecule has 0 heterocycles. The highest BCUT2D eigenvalue weighted by Crippen LogP contribution is 2.49. The van der Waals surface area contributed by atoms with Crippen molar-refractivity contribution in [3.8, 4) is 0 Å². The third-order valence-electron chi connectivity index (χ3n) is 2.90. The minimum atomic E-state index is -6.28. The molecule has 131 valence electrons. The molecule has 0 bridgehead atoms. The second kappa shape index (κ2) is 5.53. The van der Waals surface area contributed by atoms with Crippen LogP contribution in [0.4, 0.5) is 43.9 Å². The zero-order chi connectivity index (χ0) is 18.4. The Hall–Kier alpha value is -1.52. The lowest BCUT2D eigenvalue weighted by molar-refractivity contribution is -0.292. The minimum absolute atomic E-state index is 0.00677. The maximum atomic E-state index is 13.4. The van der Waals surface area contributed by atoms with Crippen molar-refractivity contribution in [1.82, 2.24) is 0 Å². The molecule has 0 aliphatic rings. The fourth-order valence-electron chi connectivity index (χ4n) is 1.69. The van der Waals surface area contributed by atoms with E-state index in [1.165, 1.54) is 0 Å². The number of rotatable bonds is 3. The van der Waals surface area contributed by atoms with Crippen LogP contribution < -0.4 is 0 Å². The summed E-state index contributed by atoms with van der Waals surface area (Å²) in [5.74, 6) is -11.4. The number of halogens is 10. The van der Waals surface area contributed by atoms with Crippen LogP contribution in [-0.2, 0) is 17.0 Å². The van der Waals surface area contributed by atoms with E-state index in [1.54, 1.807) is 0 Å². The predicted molar refractivity (Wildman–Crippen MR) is 55.4 cm³/mol. The molecule has 1 nitrogen and oxygen atoms in total. The number of hydrogen-bond donors (Lipinski definition) is 0. The van der Waals surface area contributed by atoms with E-state index < -0.39 is 53.1 Å². The van der Waals surface area contributed by atoms with Crippen molar-refractivity contribution in [2.75, 3.05) is 0 Å². The molecule has 1 rings (SSSR count). The van der Waals surface area contributed by atoms with E-state index >= 15 is 0 Å². The first-order valence-electron chi connectivity index (χ1n) is 5.73. The van der Waals surface area contributed by atoms with E-state index in [9.17, 15) is 49.0 Å². The lowest BCUT2D eigenvalue weighted by Crippen LogP contribution is -2.37. The molecule has 0 amide bonds. The van der Waals surface area contributed by atoms with Gasteiger partial charge in [0.15, 0.2) is 0 Å². The standard InChI is InChI=1S/C12H7F10O/c1-5(23)7-3-2-6(9(13,14)11(17,18)19)4-8(7)10(15,16)12(20,21)22/h2-5H,1H3. The van der Waals surface area contributed by atoms with Gasteiger partial charge < -0.3 is 0 Å². The predicted octanol–water partition coefficient (Wildman–Crippen LogP) is 5.49. The zero-order valence-corrected chi connectivity index (χ0v) is 11.0. The molecule has 0 saturated carbocycles. The molecule has 0 aromatic heterocycles. The van der Waals surface area contributed by atoms with E-state index in [4.69, 9.17) is 0 Å². The summed E-state index contributed by atoms with van der Waals surface area (Å²) < 4.78 is 127. The van der Waals surface area contributed by atoms with Gasteiger partial charge in [0.25, 0.3) is 0 Å². The molecule has 1 atom stereocenters. The van der Waals surface area contributed by atoms with Gasteiger partial charge in [0.2, 0.25) is 0 Å². The van der Waals surface area contributed by atoms with Crippen LogP contribution in [0.5, 0.6) is 0 Å². The van der Waals surface area contributed by atoms with Crippen LogP contribution in [-0.4, -0.2) is 12.4 Å². The van der Waals surface area contributed by atoms with Crippen molar-refractivity contribution in [1.29, 1.82) is 0 Å². The van der Waals surface area contributed by atoms with Crippen LogP contribution in [0.15, 0.2) is 18.2 Å². The van der Waals surface area contributed by atoms with Crippen LogP contribution in [0, 0.1) is 0 Å². The van der Waals surface area contributed by atoms with Gasteiger partial charge in [0.05, 0.1) is 0 Å². The Morgan fingerprint density at radius 2 is 1.22 bits per heavy atom. The highest BCUT2D eigenvalue weighted by molar-refractivity contribution is 5.39. The second-order valence-corrected chi connectivity index (χ2v) is 4.59. The maximum Gasteiger partial charge on any atom is 0.458 e. The van der Waals surface area contributed by atoms with Gasteiger partial charge in [-0.15, -0.1) is 0 Å². The summed E-state index contributed by atoms with van der Waals surface area (Å²) >= 11 is 0. The number of benzene rings is 1. The molecule has 0 spiro atoms. The molecule has 1 aromatic rings. The molecular weight excluding hydrogens is 350 g/mol. The highest BCUT2D eigenvalue weighted by atomic mass is 19.4. The van der Waals surface area contributed by atoms with Crippen molar-refractivity contribution in [2.24, 2.45) is 0 Å². The zero-order valence-electron chi connectivity index (χ0n) is 11.0. The topological polar surface area (TPSA) is 19.9 Å². The molecule has 0 fully saturated rings. The summed E-state index contributed by atoms with van der Waals surface area (Å²) in [6, 6.07) is -0.528. The Labute approximate surface area is 122 Å². The maximum absolute atomic E-state index is 13.4. The summed E-state index contributed by atoms with van der Waals surface area (Å²) in [5.41, 5.74) is -5.57. The van der Waals surface area contributed by atoms with E-state index in [-0.39, 0.29) is 12.1 Å². The minimum Gasteiger partial charge on any atom is -0.228 e. The van der Waals surface area contributed by atoms with Crippen LogP contribution >= 0.6 is 0 Å². The van der Waals surface area contributed by atoms with Crippen LogP contribution in [0.3, 0.4) is 0 Å². The number of hydrogen-bond acceptors (Lipinski definition) is 0. The van der Waals surface area contributed by atoms with E-state index in [1.807, 2.05) is 0 Å². The first-order chi connectivity index (χ1) is 10.0. The van der Waals surface area contributed by atoms with Gasteiger partial charge in [-0.1, -0.05) is 12.1 Å². The SMILES string of the molecule is CC([O])c1ccc(C(F)(F)C(F)(F)F)cc1C(F)(F)C(F)(F)F. The molecule has 1 aromatic carbocycles. The van der Waals surface area contributed by atoms with Crippen molar-refractivity contribution in [2.45, 2.75) is 37.2 Å². The fourth-order valence-corrected chi connectivity index (χ4v) is 1.69. The van der Waals surface area contributed by atoms with E-state index in [0.29, 0.717) is 6.92 Å². The molecule has 11 heteroatoms. The molecule has 0 aliphatic carbocycles. The summed E-state index contributed by atoms with van der Waals surface area (Å²) in [4.78, 5) is 0. The van der Waals surface area contributed by atoms with E-state index in [2.05, 4.69) is 0 Å². The molecule has 1 unspecified atom stereocenters. The Balaban J connectivity index is 3.65. The van der Waals surface area contributed by atoms with Crippen LogP contribution in [0.25, 0.3) is 0 Å². The molecule has 1 radical (unpaired) electrons. The fraction of sp³-hybridized carbons (Fsp3) is 0.500. The Bertz CT molecular complexity index is 570. The average molecular weight is 357 g/mol. The summed E-state index contributed by atoms with van der Waals surface area (Å²) in [6.07, 6.45) is -14.7. The molecule has 0 N–H and O–H groups in total. The van der Waals surface area contributed by atoms with Gasteiger partial charge in [-0.05, 0) is 18.6 Å². The van der Waals surface area contributed by atoms with Gasteiger partial charge in [-0.2, -0.15) is 43.9 Å².